The van der Waals surface area contributed by atoms with Crippen molar-refractivity contribution < 1.29 is 4.74 Å². The van der Waals surface area contributed by atoms with E-state index in [9.17, 15) is 0 Å². The van der Waals surface area contributed by atoms with E-state index < -0.39 is 0 Å². The molecule has 0 spiro atoms. The van der Waals surface area contributed by atoms with Crippen LogP contribution in [0.3, 0.4) is 0 Å². The summed E-state index contributed by atoms with van der Waals surface area (Å²) in [4.78, 5) is 3.92. The first-order valence-corrected chi connectivity index (χ1v) is 7.99. The van der Waals surface area contributed by atoms with Crippen molar-refractivity contribution in [3.63, 3.8) is 0 Å². The molecule has 1 atom stereocenters. The molecular weight excluding hydrogens is 270 g/mol. The van der Waals surface area contributed by atoms with Gasteiger partial charge >= 0.3 is 0 Å². The van der Waals surface area contributed by atoms with E-state index in [0.717, 1.165) is 32.8 Å². The monoisotopic (exact) mass is 291 g/mol. The molecule has 20 heavy (non-hydrogen) atoms. The third-order valence-corrected chi connectivity index (χ3v) is 4.73. The highest BCUT2D eigenvalue weighted by Crippen LogP contribution is 2.29. The van der Waals surface area contributed by atoms with E-state index in [1.165, 1.54) is 16.1 Å². The number of rotatable bonds is 5. The van der Waals surface area contributed by atoms with Crippen LogP contribution in [0, 0.1) is 0 Å². The molecule has 2 aromatic heterocycles. The van der Waals surface area contributed by atoms with Gasteiger partial charge in [0.05, 0.1) is 18.5 Å². The number of aromatic nitrogens is 2. The van der Waals surface area contributed by atoms with Gasteiger partial charge in [-0.15, -0.1) is 11.3 Å². The lowest BCUT2D eigenvalue weighted by atomic mass is 9.95. The Bertz CT molecular complexity index is 549. The molecule has 0 unspecified atom stereocenters. The fraction of sp³-hybridized carbons (Fsp3) is 0.533. The summed E-state index contributed by atoms with van der Waals surface area (Å²) >= 11 is 1.83. The highest BCUT2D eigenvalue weighted by molar-refractivity contribution is 7.09. The zero-order chi connectivity index (χ0) is 13.9. The fourth-order valence-corrected chi connectivity index (χ4v) is 3.59. The average molecular weight is 291 g/mol. The van der Waals surface area contributed by atoms with Crippen molar-refractivity contribution in [2.24, 2.45) is 7.05 Å². The molecule has 2 aromatic rings. The highest BCUT2D eigenvalue weighted by Gasteiger charge is 2.28. The molecule has 0 saturated carbocycles. The van der Waals surface area contributed by atoms with Gasteiger partial charge in [0.2, 0.25) is 0 Å². The van der Waals surface area contributed by atoms with Gasteiger partial charge in [0.15, 0.2) is 0 Å². The Labute approximate surface area is 124 Å². The summed E-state index contributed by atoms with van der Waals surface area (Å²) in [5, 5.41) is 6.57. The Morgan fingerprint density at radius 3 is 3.15 bits per heavy atom. The van der Waals surface area contributed by atoms with Crippen molar-refractivity contribution in [2.75, 3.05) is 19.8 Å². The van der Waals surface area contributed by atoms with Crippen LogP contribution in [0.5, 0.6) is 0 Å². The van der Waals surface area contributed by atoms with Crippen LogP contribution >= 0.6 is 11.3 Å². The lowest BCUT2D eigenvalue weighted by molar-refractivity contribution is 0.104. The maximum absolute atomic E-state index is 5.66. The molecule has 0 aromatic carbocycles. The second-order valence-electron chi connectivity index (χ2n) is 5.28. The van der Waals surface area contributed by atoms with Gasteiger partial charge in [-0.1, -0.05) is 6.07 Å². The van der Waals surface area contributed by atoms with Crippen LogP contribution in [-0.4, -0.2) is 34.4 Å². The van der Waals surface area contributed by atoms with Gasteiger partial charge in [-0.2, -0.15) is 5.10 Å². The van der Waals surface area contributed by atoms with Crippen LogP contribution in [0.1, 0.15) is 29.0 Å². The van der Waals surface area contributed by atoms with Crippen LogP contribution in [-0.2, 0) is 24.9 Å². The van der Waals surface area contributed by atoms with E-state index in [1.807, 2.05) is 29.3 Å². The van der Waals surface area contributed by atoms with Crippen LogP contribution in [0.2, 0.25) is 0 Å². The Morgan fingerprint density at radius 1 is 1.50 bits per heavy atom. The first-order chi connectivity index (χ1) is 9.78. The first kappa shape index (κ1) is 13.8. The number of hydrogen-bond donors (Lipinski definition) is 0. The standard InChI is InChI=1S/C15H21N3OS/c1-3-19-11-12-8-18(9-13-5-4-6-20-13)10-15-14(12)7-16-17(15)2/h4-7,12H,3,8-11H2,1-2H3/t12-/m1/s1. The van der Waals surface area contributed by atoms with Crippen molar-refractivity contribution in [1.82, 2.24) is 14.7 Å². The van der Waals surface area contributed by atoms with Crippen LogP contribution in [0.15, 0.2) is 23.7 Å². The van der Waals surface area contributed by atoms with E-state index in [4.69, 9.17) is 4.74 Å². The van der Waals surface area contributed by atoms with E-state index in [2.05, 4.69) is 34.4 Å². The topological polar surface area (TPSA) is 30.3 Å². The molecule has 1 aliphatic rings. The van der Waals surface area contributed by atoms with E-state index in [1.54, 1.807) is 0 Å². The molecule has 0 aliphatic carbocycles. The number of nitrogens with zero attached hydrogens (tertiary/aromatic N) is 3. The lowest BCUT2D eigenvalue weighted by Crippen LogP contribution is -2.35. The number of fused-ring (bicyclic) bond motifs is 1. The second kappa shape index (κ2) is 6.08. The van der Waals surface area contributed by atoms with Crippen molar-refractivity contribution >= 4 is 11.3 Å². The predicted molar refractivity (Wildman–Crippen MR) is 80.9 cm³/mol. The first-order valence-electron chi connectivity index (χ1n) is 7.11. The summed E-state index contributed by atoms with van der Waals surface area (Å²) in [6.45, 7) is 6.66. The fourth-order valence-electron chi connectivity index (χ4n) is 2.85. The third kappa shape index (κ3) is 2.80. The smallest absolute Gasteiger partial charge is 0.0557 e. The summed E-state index contributed by atoms with van der Waals surface area (Å²) in [6.07, 6.45) is 2.02. The quantitative estimate of drug-likeness (QED) is 0.848. The largest absolute Gasteiger partial charge is 0.381 e. The number of hydrogen-bond acceptors (Lipinski definition) is 4. The minimum Gasteiger partial charge on any atom is -0.381 e. The normalized spacial score (nSPS) is 19.2. The number of thiophene rings is 1. The summed E-state index contributed by atoms with van der Waals surface area (Å²) in [5.74, 6) is 0.437. The average Bonchev–Trinajstić information content (AvgIpc) is 3.07. The molecule has 0 radical (unpaired) electrons. The Balaban J connectivity index is 1.77. The zero-order valence-electron chi connectivity index (χ0n) is 12.1. The summed E-state index contributed by atoms with van der Waals surface area (Å²) in [5.41, 5.74) is 2.70. The molecule has 0 saturated heterocycles. The van der Waals surface area contributed by atoms with E-state index in [0.29, 0.717) is 5.92 Å². The predicted octanol–water partition coefficient (Wildman–Crippen LogP) is 2.62. The maximum atomic E-state index is 5.66. The lowest BCUT2D eigenvalue weighted by Gasteiger charge is -2.32. The van der Waals surface area contributed by atoms with Gasteiger partial charge in [0, 0.05) is 49.6 Å². The summed E-state index contributed by atoms with van der Waals surface area (Å²) < 4.78 is 7.67. The van der Waals surface area contributed by atoms with Gasteiger partial charge in [-0.05, 0) is 18.4 Å². The van der Waals surface area contributed by atoms with Crippen molar-refractivity contribution in [3.8, 4) is 0 Å². The molecule has 0 fully saturated rings. The zero-order valence-corrected chi connectivity index (χ0v) is 12.9. The Kier molecular flexibility index (Phi) is 4.19. The maximum Gasteiger partial charge on any atom is 0.0557 e. The van der Waals surface area contributed by atoms with Crippen molar-refractivity contribution in [3.05, 3.63) is 39.8 Å². The molecule has 1 aliphatic heterocycles. The van der Waals surface area contributed by atoms with Crippen LogP contribution in [0.25, 0.3) is 0 Å². The number of aryl methyl sites for hydroxylation is 1. The van der Waals surface area contributed by atoms with Gasteiger partial charge in [0.1, 0.15) is 0 Å². The Hall–Kier alpha value is -1.17. The van der Waals surface area contributed by atoms with Gasteiger partial charge in [-0.25, -0.2) is 0 Å². The van der Waals surface area contributed by atoms with Gasteiger partial charge in [-0.3, -0.25) is 9.58 Å². The molecule has 3 rings (SSSR count). The van der Waals surface area contributed by atoms with Crippen LogP contribution in [0.4, 0.5) is 0 Å². The molecule has 3 heterocycles. The van der Waals surface area contributed by atoms with E-state index >= 15 is 0 Å². The second-order valence-corrected chi connectivity index (χ2v) is 6.31. The van der Waals surface area contributed by atoms with Crippen molar-refractivity contribution in [2.45, 2.75) is 25.9 Å². The van der Waals surface area contributed by atoms with Crippen molar-refractivity contribution in [1.29, 1.82) is 0 Å². The Morgan fingerprint density at radius 2 is 2.40 bits per heavy atom. The van der Waals surface area contributed by atoms with Gasteiger partial charge < -0.3 is 4.74 Å². The van der Waals surface area contributed by atoms with Crippen LogP contribution < -0.4 is 0 Å². The van der Waals surface area contributed by atoms with E-state index in [-0.39, 0.29) is 0 Å². The molecule has 0 amide bonds. The minimum atomic E-state index is 0.437. The minimum absolute atomic E-state index is 0.437. The molecular formula is C15H21N3OS. The summed E-state index contributed by atoms with van der Waals surface area (Å²) in [6, 6.07) is 4.33. The third-order valence-electron chi connectivity index (χ3n) is 3.87. The van der Waals surface area contributed by atoms with Gasteiger partial charge in [0.25, 0.3) is 0 Å². The molecule has 108 valence electrons. The molecule has 5 heteroatoms. The number of ether oxygens (including phenoxy) is 1. The molecule has 0 bridgehead atoms. The molecule has 0 N–H and O–H groups in total. The highest BCUT2D eigenvalue weighted by atomic mass is 32.1. The molecule has 4 nitrogen and oxygen atoms in total. The SMILES string of the molecule is CCOC[C@H]1CN(Cc2cccs2)Cc2c1cnn2C. The summed E-state index contributed by atoms with van der Waals surface area (Å²) in [7, 11) is 2.03.